The number of halogens is 1. The number of methoxy groups -OCH3 is 1. The molecule has 32 heavy (non-hydrogen) atoms. The summed E-state index contributed by atoms with van der Waals surface area (Å²) in [6.45, 7) is 2.10. The van der Waals surface area contributed by atoms with E-state index in [1.165, 1.54) is 6.33 Å². The molecule has 4 heterocycles. The molecule has 0 aromatic carbocycles. The number of aliphatic imine (C=N–C) groups is 1. The molecule has 168 valence electrons. The van der Waals surface area contributed by atoms with E-state index in [1.807, 2.05) is 20.2 Å². The Kier molecular flexibility index (Phi) is 6.38. The predicted octanol–water partition coefficient (Wildman–Crippen LogP) is 2.82. The average molecular weight is 501 g/mol. The van der Waals surface area contributed by atoms with Crippen LogP contribution in [-0.2, 0) is 6.54 Å². The Morgan fingerprint density at radius 2 is 2.09 bits per heavy atom. The zero-order valence-electron chi connectivity index (χ0n) is 18.4. The first-order chi connectivity index (χ1) is 15.4. The van der Waals surface area contributed by atoms with Crippen LogP contribution in [0.3, 0.4) is 0 Å². The number of H-pyrrole nitrogens is 1. The molecule has 3 aromatic heterocycles. The molecule has 1 aliphatic heterocycles. The van der Waals surface area contributed by atoms with E-state index in [1.54, 1.807) is 25.3 Å². The number of aromatic nitrogens is 4. The number of hydrogen-bond donors (Lipinski definition) is 2. The molecule has 0 fully saturated rings. The second kappa shape index (κ2) is 9.21. The molecule has 11 heteroatoms. The van der Waals surface area contributed by atoms with Crippen molar-refractivity contribution in [3.8, 4) is 5.88 Å². The fourth-order valence-electron chi connectivity index (χ4n) is 3.53. The monoisotopic (exact) mass is 500 g/mol. The van der Waals surface area contributed by atoms with Gasteiger partial charge in [-0.3, -0.25) is 9.79 Å². The van der Waals surface area contributed by atoms with Crippen LogP contribution >= 0.6 is 15.9 Å². The SMILES string of the molecule is COc1nc2c(cc1Nc1ncnc3[nH]c(C(=O)N(C)CCCN(C)C)c(Br)c13)C=NC2. The first kappa shape index (κ1) is 22.2. The van der Waals surface area contributed by atoms with Crippen LogP contribution in [0.25, 0.3) is 11.0 Å². The minimum absolute atomic E-state index is 0.118. The van der Waals surface area contributed by atoms with Gasteiger partial charge in [-0.1, -0.05) is 0 Å². The number of amides is 1. The second-order valence-electron chi connectivity index (χ2n) is 7.82. The number of aromatic amines is 1. The topological polar surface area (TPSA) is 112 Å². The van der Waals surface area contributed by atoms with Crippen LogP contribution in [0.5, 0.6) is 5.88 Å². The lowest BCUT2D eigenvalue weighted by molar-refractivity contribution is 0.0785. The number of pyridine rings is 1. The number of anilines is 2. The normalized spacial score (nSPS) is 12.4. The highest BCUT2D eigenvalue weighted by Crippen LogP contribution is 2.35. The van der Waals surface area contributed by atoms with Crippen molar-refractivity contribution in [3.63, 3.8) is 0 Å². The number of carbonyl (C=O) groups is 1. The van der Waals surface area contributed by atoms with Crippen LogP contribution in [0, 0.1) is 0 Å². The van der Waals surface area contributed by atoms with Gasteiger partial charge < -0.3 is 24.8 Å². The lowest BCUT2D eigenvalue weighted by Crippen LogP contribution is -2.30. The van der Waals surface area contributed by atoms with Crippen LogP contribution < -0.4 is 10.1 Å². The molecule has 10 nitrogen and oxygen atoms in total. The summed E-state index contributed by atoms with van der Waals surface area (Å²) in [5, 5.41) is 3.96. The summed E-state index contributed by atoms with van der Waals surface area (Å²) in [6, 6.07) is 1.93. The van der Waals surface area contributed by atoms with Crippen molar-refractivity contribution in [1.82, 2.24) is 29.7 Å². The highest BCUT2D eigenvalue weighted by molar-refractivity contribution is 9.10. The van der Waals surface area contributed by atoms with Crippen molar-refractivity contribution in [3.05, 3.63) is 33.8 Å². The zero-order valence-corrected chi connectivity index (χ0v) is 20.0. The largest absolute Gasteiger partial charge is 0.480 e. The Hall–Kier alpha value is -3.05. The van der Waals surface area contributed by atoms with E-state index < -0.39 is 0 Å². The average Bonchev–Trinajstić information content (AvgIpc) is 3.36. The molecule has 0 aliphatic carbocycles. The van der Waals surface area contributed by atoms with E-state index in [0.717, 1.165) is 24.2 Å². The highest BCUT2D eigenvalue weighted by Gasteiger charge is 2.23. The highest BCUT2D eigenvalue weighted by atomic mass is 79.9. The van der Waals surface area contributed by atoms with Crippen molar-refractivity contribution in [2.45, 2.75) is 13.0 Å². The van der Waals surface area contributed by atoms with Crippen LogP contribution in [0.15, 0.2) is 21.9 Å². The number of nitrogens with one attached hydrogen (secondary N) is 2. The molecule has 0 bridgehead atoms. The second-order valence-corrected chi connectivity index (χ2v) is 8.61. The van der Waals surface area contributed by atoms with Gasteiger partial charge in [0, 0.05) is 25.4 Å². The van der Waals surface area contributed by atoms with Gasteiger partial charge in [0.05, 0.1) is 29.2 Å². The van der Waals surface area contributed by atoms with Gasteiger partial charge >= 0.3 is 0 Å². The molecular formula is C21H25BrN8O2. The van der Waals surface area contributed by atoms with Gasteiger partial charge in [0.15, 0.2) is 0 Å². The predicted molar refractivity (Wildman–Crippen MR) is 127 cm³/mol. The fourth-order valence-corrected chi connectivity index (χ4v) is 4.18. The molecule has 0 saturated carbocycles. The van der Waals surface area contributed by atoms with Crippen LogP contribution in [0.2, 0.25) is 0 Å². The molecule has 2 N–H and O–H groups in total. The van der Waals surface area contributed by atoms with E-state index in [-0.39, 0.29) is 5.91 Å². The van der Waals surface area contributed by atoms with E-state index in [4.69, 9.17) is 4.74 Å². The van der Waals surface area contributed by atoms with Crippen molar-refractivity contribution in [1.29, 1.82) is 0 Å². The first-order valence-corrected chi connectivity index (χ1v) is 11.0. The van der Waals surface area contributed by atoms with Gasteiger partial charge in [0.2, 0.25) is 5.88 Å². The molecule has 1 aliphatic rings. The molecule has 0 radical (unpaired) electrons. The van der Waals surface area contributed by atoms with Gasteiger partial charge in [-0.05, 0) is 49.1 Å². The Morgan fingerprint density at radius 1 is 1.28 bits per heavy atom. The van der Waals surface area contributed by atoms with Gasteiger partial charge in [0.25, 0.3) is 5.91 Å². The van der Waals surface area contributed by atoms with Crippen molar-refractivity contribution >= 4 is 50.6 Å². The summed E-state index contributed by atoms with van der Waals surface area (Å²) in [7, 11) is 7.40. The molecule has 4 rings (SSSR count). The van der Waals surface area contributed by atoms with Gasteiger partial charge in [-0.2, -0.15) is 0 Å². The third kappa shape index (κ3) is 4.30. The Balaban J connectivity index is 1.64. The number of carbonyl (C=O) groups excluding carboxylic acids is 1. The number of nitrogens with zero attached hydrogens (tertiary/aromatic N) is 6. The lowest BCUT2D eigenvalue weighted by atomic mass is 10.2. The smallest absolute Gasteiger partial charge is 0.271 e. The van der Waals surface area contributed by atoms with E-state index in [0.29, 0.717) is 51.7 Å². The van der Waals surface area contributed by atoms with Crippen LogP contribution in [0.4, 0.5) is 11.5 Å². The third-order valence-corrected chi connectivity index (χ3v) is 6.00. The molecule has 1 amide bonds. The summed E-state index contributed by atoms with van der Waals surface area (Å²) in [4.78, 5) is 37.5. The van der Waals surface area contributed by atoms with Crippen molar-refractivity contribution < 1.29 is 9.53 Å². The minimum atomic E-state index is -0.118. The lowest BCUT2D eigenvalue weighted by Gasteiger charge is -2.18. The van der Waals surface area contributed by atoms with E-state index in [9.17, 15) is 4.79 Å². The first-order valence-electron chi connectivity index (χ1n) is 10.2. The summed E-state index contributed by atoms with van der Waals surface area (Å²) < 4.78 is 6.06. The van der Waals surface area contributed by atoms with Gasteiger partial charge in [-0.25, -0.2) is 15.0 Å². The number of fused-ring (bicyclic) bond motifs is 2. The zero-order chi connectivity index (χ0) is 22.8. The number of hydrogen-bond acceptors (Lipinski definition) is 8. The maximum atomic E-state index is 13.0. The number of ether oxygens (including phenoxy) is 1. The van der Waals surface area contributed by atoms with Crippen molar-refractivity contribution in [2.24, 2.45) is 4.99 Å². The van der Waals surface area contributed by atoms with E-state index in [2.05, 4.69) is 51.1 Å². The van der Waals surface area contributed by atoms with Crippen molar-refractivity contribution in [2.75, 3.05) is 46.7 Å². The molecule has 3 aromatic rings. The maximum Gasteiger partial charge on any atom is 0.271 e. The Labute approximate surface area is 194 Å². The van der Waals surface area contributed by atoms with E-state index >= 15 is 0 Å². The maximum absolute atomic E-state index is 13.0. The Bertz CT molecular complexity index is 1190. The summed E-state index contributed by atoms with van der Waals surface area (Å²) >= 11 is 3.59. The number of rotatable bonds is 8. The van der Waals surface area contributed by atoms with Crippen LogP contribution in [-0.4, -0.2) is 83.2 Å². The standard InChI is InChI=1S/C21H25BrN8O2/c1-29(2)6-5-7-30(3)21(31)17-16(22)15-18(24-11-25-19(15)28-17)26-13-8-12-9-23-10-14(12)27-20(13)32-4/h8-9,11H,5-7,10H2,1-4H3,(H2,24,25,26,28). The molecule has 0 atom stereocenters. The van der Waals surface area contributed by atoms with Gasteiger partial charge in [0.1, 0.15) is 29.2 Å². The molecular weight excluding hydrogens is 476 g/mol. The van der Waals surface area contributed by atoms with Crippen LogP contribution in [0.1, 0.15) is 28.2 Å². The van der Waals surface area contributed by atoms with Gasteiger partial charge in [-0.15, -0.1) is 0 Å². The summed E-state index contributed by atoms with van der Waals surface area (Å²) in [5.41, 5.74) is 3.44. The molecule has 0 saturated heterocycles. The summed E-state index contributed by atoms with van der Waals surface area (Å²) in [6.07, 6.45) is 4.11. The minimum Gasteiger partial charge on any atom is -0.480 e. The molecule has 0 spiro atoms. The fraction of sp³-hybridized carbons (Fsp3) is 0.381. The third-order valence-electron chi connectivity index (χ3n) is 5.21. The Morgan fingerprint density at radius 3 is 2.84 bits per heavy atom. The molecule has 0 unspecified atom stereocenters. The summed E-state index contributed by atoms with van der Waals surface area (Å²) in [5.74, 6) is 0.861. The quantitative estimate of drug-likeness (QED) is 0.488.